The zero-order valence-corrected chi connectivity index (χ0v) is 12.3. The molecular weight excluding hydrogens is 238 g/mol. The van der Waals surface area contributed by atoms with Crippen molar-refractivity contribution in [2.75, 3.05) is 26.4 Å². The molecule has 0 aliphatic heterocycles. The molecule has 0 saturated heterocycles. The molecule has 0 aliphatic rings. The van der Waals surface area contributed by atoms with E-state index >= 15 is 0 Å². The third kappa shape index (κ3) is 5.94. The van der Waals surface area contributed by atoms with Gasteiger partial charge >= 0.3 is 8.80 Å². The maximum absolute atomic E-state index is 8.77. The van der Waals surface area contributed by atoms with Crippen LogP contribution in [0.25, 0.3) is 0 Å². The maximum atomic E-state index is 8.77. The van der Waals surface area contributed by atoms with Crippen LogP contribution in [0, 0.1) is 0 Å². The van der Waals surface area contributed by atoms with Crippen molar-refractivity contribution >= 4 is 8.80 Å². The molecule has 0 aromatic heterocycles. The largest absolute Gasteiger partial charge is 0.518 e. The molecule has 1 unspecified atom stereocenters. The van der Waals surface area contributed by atoms with Gasteiger partial charge in [-0.05, 0) is 40.0 Å². The second-order valence-corrected chi connectivity index (χ2v) is 6.54. The number of hydrogen-bond donors (Lipinski definition) is 2. The summed E-state index contributed by atoms with van der Waals surface area (Å²) in [5.74, 6) is 0. The Morgan fingerprint density at radius 2 is 1.47 bits per heavy atom. The van der Waals surface area contributed by atoms with E-state index in [0.717, 1.165) is 19.3 Å². The van der Waals surface area contributed by atoms with Crippen molar-refractivity contribution in [2.24, 2.45) is 5.73 Å². The first-order valence-corrected chi connectivity index (χ1v) is 8.25. The Morgan fingerprint density at radius 1 is 1.00 bits per heavy atom. The molecule has 1 atom stereocenters. The first kappa shape index (κ1) is 17.0. The highest BCUT2D eigenvalue weighted by Crippen LogP contribution is 2.17. The van der Waals surface area contributed by atoms with E-state index in [1.165, 1.54) is 0 Å². The van der Waals surface area contributed by atoms with E-state index in [2.05, 4.69) is 0 Å². The Morgan fingerprint density at radius 3 is 1.82 bits per heavy atom. The zero-order chi connectivity index (χ0) is 13.1. The number of rotatable bonds is 11. The van der Waals surface area contributed by atoms with Gasteiger partial charge in [-0.15, -0.1) is 0 Å². The lowest BCUT2D eigenvalue weighted by Crippen LogP contribution is -2.60. The SMILES string of the molecule is CCO[Si](OCC)(OCC)C(N)CCCCO. The number of unbranched alkanes of at least 4 members (excludes halogenated alkanes) is 1. The second kappa shape index (κ2) is 9.99. The van der Waals surface area contributed by atoms with Crippen LogP contribution >= 0.6 is 0 Å². The number of aliphatic hydroxyl groups excluding tert-OH is 1. The van der Waals surface area contributed by atoms with Gasteiger partial charge in [0, 0.05) is 26.4 Å². The Labute approximate surface area is 106 Å². The lowest BCUT2D eigenvalue weighted by atomic mass is 10.2. The first-order chi connectivity index (χ1) is 8.16. The minimum atomic E-state index is -2.75. The van der Waals surface area contributed by atoms with Crippen molar-refractivity contribution in [1.29, 1.82) is 0 Å². The lowest BCUT2D eigenvalue weighted by molar-refractivity contribution is 0.0608. The van der Waals surface area contributed by atoms with Crippen LogP contribution < -0.4 is 5.73 Å². The summed E-state index contributed by atoms with van der Waals surface area (Å²) >= 11 is 0. The summed E-state index contributed by atoms with van der Waals surface area (Å²) in [5.41, 5.74) is 5.94. The Balaban J connectivity index is 4.48. The molecule has 0 spiro atoms. The minimum Gasteiger partial charge on any atom is -0.396 e. The average Bonchev–Trinajstić information content (AvgIpc) is 2.30. The molecule has 0 rings (SSSR count). The highest BCUT2D eigenvalue weighted by Gasteiger charge is 2.46. The summed E-state index contributed by atoms with van der Waals surface area (Å²) in [4.78, 5) is 0. The van der Waals surface area contributed by atoms with E-state index in [4.69, 9.17) is 24.1 Å². The molecule has 0 radical (unpaired) electrons. The van der Waals surface area contributed by atoms with Crippen LogP contribution in [-0.4, -0.2) is 46.0 Å². The van der Waals surface area contributed by atoms with Gasteiger partial charge in [-0.3, -0.25) is 0 Å². The van der Waals surface area contributed by atoms with Crippen LogP contribution in [0.4, 0.5) is 0 Å². The smallest absolute Gasteiger partial charge is 0.396 e. The lowest BCUT2D eigenvalue weighted by Gasteiger charge is -2.33. The van der Waals surface area contributed by atoms with Gasteiger partial charge in [0.2, 0.25) is 0 Å². The zero-order valence-electron chi connectivity index (χ0n) is 11.3. The van der Waals surface area contributed by atoms with Crippen LogP contribution in [0.3, 0.4) is 0 Å². The van der Waals surface area contributed by atoms with Crippen molar-refractivity contribution < 1.29 is 18.4 Å². The van der Waals surface area contributed by atoms with Crippen LogP contribution in [0.15, 0.2) is 0 Å². The van der Waals surface area contributed by atoms with E-state index in [-0.39, 0.29) is 12.3 Å². The molecule has 0 amide bonds. The summed E-state index contributed by atoms with van der Waals surface area (Å²) in [5, 5.41) is 8.77. The van der Waals surface area contributed by atoms with Crippen molar-refractivity contribution in [1.82, 2.24) is 0 Å². The van der Waals surface area contributed by atoms with Gasteiger partial charge in [-0.2, -0.15) is 0 Å². The highest BCUT2D eigenvalue weighted by molar-refractivity contribution is 6.62. The normalized spacial score (nSPS) is 13.9. The van der Waals surface area contributed by atoms with E-state index < -0.39 is 8.80 Å². The Kier molecular flexibility index (Phi) is 10.00. The molecule has 0 heterocycles. The molecule has 6 heteroatoms. The van der Waals surface area contributed by atoms with E-state index in [1.807, 2.05) is 20.8 Å². The first-order valence-electron chi connectivity index (χ1n) is 6.45. The Hall–Kier alpha value is 0.0169. The Bertz CT molecular complexity index is 166. The molecule has 0 bridgehead atoms. The summed E-state index contributed by atoms with van der Waals surface area (Å²) in [6.07, 6.45) is 2.37. The van der Waals surface area contributed by atoms with Gasteiger partial charge in [-0.1, -0.05) is 0 Å². The van der Waals surface area contributed by atoms with Crippen molar-refractivity contribution in [3.63, 3.8) is 0 Å². The molecular formula is C11H27NO4Si. The average molecular weight is 265 g/mol. The van der Waals surface area contributed by atoms with E-state index in [9.17, 15) is 0 Å². The highest BCUT2D eigenvalue weighted by atomic mass is 28.4. The maximum Gasteiger partial charge on any atom is 0.518 e. The van der Waals surface area contributed by atoms with E-state index in [0.29, 0.717) is 19.8 Å². The summed E-state index contributed by atoms with van der Waals surface area (Å²) in [6.45, 7) is 7.57. The third-order valence-electron chi connectivity index (χ3n) is 2.41. The van der Waals surface area contributed by atoms with E-state index in [1.54, 1.807) is 0 Å². The fraction of sp³-hybridized carbons (Fsp3) is 1.00. The van der Waals surface area contributed by atoms with Crippen LogP contribution in [0.5, 0.6) is 0 Å². The minimum absolute atomic E-state index is 0.194. The van der Waals surface area contributed by atoms with Gasteiger partial charge in [0.05, 0.1) is 5.67 Å². The summed E-state index contributed by atoms with van der Waals surface area (Å²) in [6, 6.07) is 0. The fourth-order valence-corrected chi connectivity index (χ4v) is 4.36. The fourth-order valence-electron chi connectivity index (χ4n) is 1.70. The predicted octanol–water partition coefficient (Wildman–Crippen LogP) is 1.06. The topological polar surface area (TPSA) is 73.9 Å². The van der Waals surface area contributed by atoms with Crippen molar-refractivity contribution in [3.8, 4) is 0 Å². The molecule has 104 valence electrons. The molecule has 0 fully saturated rings. The van der Waals surface area contributed by atoms with Crippen LogP contribution in [-0.2, 0) is 13.3 Å². The monoisotopic (exact) mass is 265 g/mol. The van der Waals surface area contributed by atoms with Crippen molar-refractivity contribution in [2.45, 2.75) is 45.7 Å². The number of nitrogens with two attached hydrogens (primary N) is 1. The summed E-state index contributed by atoms with van der Waals surface area (Å²) in [7, 11) is -2.75. The molecule has 0 aromatic rings. The number of hydrogen-bond acceptors (Lipinski definition) is 5. The van der Waals surface area contributed by atoms with Gasteiger partial charge in [-0.25, -0.2) is 0 Å². The molecule has 0 aliphatic carbocycles. The van der Waals surface area contributed by atoms with Gasteiger partial charge in [0.15, 0.2) is 0 Å². The molecule has 0 aromatic carbocycles. The standard InChI is InChI=1S/C11H27NO4Si/c1-4-14-17(15-5-2,16-6-3)11(12)9-7-8-10-13/h11,13H,4-10,12H2,1-3H3. The molecule has 3 N–H and O–H groups in total. The second-order valence-electron chi connectivity index (χ2n) is 3.73. The summed E-state index contributed by atoms with van der Waals surface area (Å²) < 4.78 is 17.1. The molecule has 5 nitrogen and oxygen atoms in total. The van der Waals surface area contributed by atoms with Crippen LogP contribution in [0.2, 0.25) is 0 Å². The van der Waals surface area contributed by atoms with Gasteiger partial charge < -0.3 is 24.1 Å². The van der Waals surface area contributed by atoms with Gasteiger partial charge in [0.1, 0.15) is 0 Å². The predicted molar refractivity (Wildman–Crippen MR) is 69.5 cm³/mol. The third-order valence-corrected chi connectivity index (χ3v) is 5.68. The molecule has 17 heavy (non-hydrogen) atoms. The van der Waals surface area contributed by atoms with Crippen LogP contribution in [0.1, 0.15) is 40.0 Å². The number of aliphatic hydroxyl groups is 1. The van der Waals surface area contributed by atoms with Gasteiger partial charge in [0.25, 0.3) is 0 Å². The quantitative estimate of drug-likeness (QED) is 0.432. The van der Waals surface area contributed by atoms with Crippen molar-refractivity contribution in [3.05, 3.63) is 0 Å². The molecule has 0 saturated carbocycles.